The summed E-state index contributed by atoms with van der Waals surface area (Å²) in [6.45, 7) is 11.5. The van der Waals surface area contributed by atoms with Gasteiger partial charge in [0, 0.05) is 5.69 Å². The van der Waals surface area contributed by atoms with Crippen molar-refractivity contribution >= 4 is 19.3 Å². The summed E-state index contributed by atoms with van der Waals surface area (Å²) in [4.78, 5) is 0. The molecule has 0 heterocycles. The van der Waals surface area contributed by atoms with Crippen LogP contribution >= 0.6 is 0 Å². The summed E-state index contributed by atoms with van der Waals surface area (Å²) in [7, 11) is -1.45. The quantitative estimate of drug-likeness (QED) is 0.697. The van der Waals surface area contributed by atoms with Gasteiger partial charge in [0.2, 0.25) is 0 Å². The molecule has 0 saturated carbocycles. The smallest absolute Gasteiger partial charge is 0.0692 e. The summed E-state index contributed by atoms with van der Waals surface area (Å²) in [6, 6.07) is 18.4. The van der Waals surface area contributed by atoms with Crippen LogP contribution in [-0.2, 0) is 6.61 Å². The van der Waals surface area contributed by atoms with Crippen molar-refractivity contribution in [2.45, 2.75) is 45.6 Å². The van der Waals surface area contributed by atoms with Crippen LogP contribution in [0.1, 0.15) is 25.0 Å². The molecule has 0 bridgehead atoms. The Bertz CT molecular complexity index is 699. The SMILES string of the molecule is CC(C)(Nc1ccccc1)/C(=C/[Si](C)(C)C)c1ccccc1CO. The molecule has 128 valence electrons. The van der Waals surface area contributed by atoms with Crippen molar-refractivity contribution in [3.63, 3.8) is 0 Å². The highest BCUT2D eigenvalue weighted by Gasteiger charge is 2.28. The van der Waals surface area contributed by atoms with Crippen LogP contribution in [0.4, 0.5) is 5.69 Å². The molecule has 2 aromatic carbocycles. The fourth-order valence-electron chi connectivity index (χ4n) is 2.90. The minimum absolute atomic E-state index is 0.0562. The summed E-state index contributed by atoms with van der Waals surface area (Å²) >= 11 is 0. The number of rotatable bonds is 6. The molecule has 0 spiro atoms. The molecular formula is C21H29NOSi. The van der Waals surface area contributed by atoms with Crippen molar-refractivity contribution in [3.8, 4) is 0 Å². The molecule has 2 nitrogen and oxygen atoms in total. The van der Waals surface area contributed by atoms with Gasteiger partial charge in [-0.3, -0.25) is 0 Å². The number of para-hydroxylation sites is 1. The molecule has 0 aliphatic carbocycles. The van der Waals surface area contributed by atoms with E-state index in [-0.39, 0.29) is 12.1 Å². The Morgan fingerprint density at radius 3 is 2.17 bits per heavy atom. The molecule has 0 aliphatic heterocycles. The fourth-order valence-corrected chi connectivity index (χ4v) is 4.28. The first-order valence-corrected chi connectivity index (χ1v) is 12.1. The Balaban J connectivity index is 2.52. The van der Waals surface area contributed by atoms with Gasteiger partial charge in [0.05, 0.1) is 20.2 Å². The van der Waals surface area contributed by atoms with Crippen LogP contribution in [0.25, 0.3) is 5.57 Å². The van der Waals surface area contributed by atoms with Gasteiger partial charge in [0.1, 0.15) is 0 Å². The van der Waals surface area contributed by atoms with Crippen LogP contribution in [0, 0.1) is 0 Å². The number of aliphatic hydroxyl groups excluding tert-OH is 1. The first-order valence-electron chi connectivity index (χ1n) is 8.49. The molecule has 0 saturated heterocycles. The zero-order valence-corrected chi connectivity index (χ0v) is 16.4. The van der Waals surface area contributed by atoms with Gasteiger partial charge in [0.25, 0.3) is 0 Å². The first-order chi connectivity index (χ1) is 11.2. The van der Waals surface area contributed by atoms with Crippen molar-refractivity contribution in [2.24, 2.45) is 0 Å². The van der Waals surface area contributed by atoms with E-state index >= 15 is 0 Å². The molecule has 24 heavy (non-hydrogen) atoms. The number of hydrogen-bond acceptors (Lipinski definition) is 2. The van der Waals surface area contributed by atoms with Crippen LogP contribution in [0.5, 0.6) is 0 Å². The van der Waals surface area contributed by atoms with Crippen LogP contribution in [0.2, 0.25) is 19.6 Å². The molecule has 0 atom stereocenters. The van der Waals surface area contributed by atoms with Crippen molar-refractivity contribution in [1.29, 1.82) is 0 Å². The lowest BCUT2D eigenvalue weighted by molar-refractivity contribution is 0.281. The van der Waals surface area contributed by atoms with Gasteiger partial charge in [-0.2, -0.15) is 0 Å². The Morgan fingerprint density at radius 1 is 1.00 bits per heavy atom. The van der Waals surface area contributed by atoms with E-state index in [0.717, 1.165) is 16.8 Å². The summed E-state index contributed by atoms with van der Waals surface area (Å²) in [5, 5.41) is 13.4. The van der Waals surface area contributed by atoms with E-state index < -0.39 is 8.07 Å². The third kappa shape index (κ3) is 4.82. The standard InChI is InChI=1S/C21H29NOSi/c1-21(2,22-18-12-7-6-8-13-18)20(16-24(3,4)5)19-14-10-9-11-17(19)15-23/h6-14,16,22-23H,15H2,1-5H3/b20-16+. The summed E-state index contributed by atoms with van der Waals surface area (Å²) in [5.41, 5.74) is 6.67. The Kier molecular flexibility index (Phi) is 5.68. The predicted molar refractivity (Wildman–Crippen MR) is 108 cm³/mol. The van der Waals surface area contributed by atoms with Crippen LogP contribution in [0.15, 0.2) is 60.3 Å². The molecule has 0 aliphatic rings. The van der Waals surface area contributed by atoms with Gasteiger partial charge in [-0.25, -0.2) is 0 Å². The lowest BCUT2D eigenvalue weighted by Crippen LogP contribution is -2.35. The zero-order chi connectivity index (χ0) is 17.8. The monoisotopic (exact) mass is 339 g/mol. The van der Waals surface area contributed by atoms with Crippen molar-refractivity contribution in [1.82, 2.24) is 0 Å². The van der Waals surface area contributed by atoms with Crippen molar-refractivity contribution < 1.29 is 5.11 Å². The molecule has 0 aromatic heterocycles. The third-order valence-corrected chi connectivity index (χ3v) is 5.11. The molecule has 3 heteroatoms. The van der Waals surface area contributed by atoms with Crippen LogP contribution in [-0.4, -0.2) is 18.7 Å². The normalized spacial score (nSPS) is 13.0. The second-order valence-electron chi connectivity index (χ2n) is 7.86. The maximum absolute atomic E-state index is 9.78. The lowest BCUT2D eigenvalue weighted by atomic mass is 9.86. The molecule has 0 unspecified atom stereocenters. The van der Waals surface area contributed by atoms with Crippen LogP contribution in [0.3, 0.4) is 0 Å². The van der Waals surface area contributed by atoms with Gasteiger partial charge in [0.15, 0.2) is 0 Å². The second-order valence-corrected chi connectivity index (χ2v) is 12.9. The summed E-state index contributed by atoms with van der Waals surface area (Å²) < 4.78 is 0. The first kappa shape index (κ1) is 18.5. The minimum Gasteiger partial charge on any atom is -0.392 e. The summed E-state index contributed by atoms with van der Waals surface area (Å²) in [6.07, 6.45) is 0. The Labute approximate surface area is 147 Å². The van der Waals surface area contributed by atoms with Gasteiger partial charge < -0.3 is 10.4 Å². The van der Waals surface area contributed by atoms with Gasteiger partial charge >= 0.3 is 0 Å². The third-order valence-electron chi connectivity index (χ3n) is 3.96. The Hall–Kier alpha value is -1.84. The number of nitrogens with one attached hydrogen (secondary N) is 1. The number of hydrogen-bond donors (Lipinski definition) is 2. The number of anilines is 1. The van der Waals surface area contributed by atoms with E-state index in [9.17, 15) is 5.11 Å². The van der Waals surface area contributed by atoms with E-state index in [2.05, 4.69) is 62.7 Å². The number of benzene rings is 2. The van der Waals surface area contributed by atoms with Gasteiger partial charge in [-0.05, 0) is 42.7 Å². The van der Waals surface area contributed by atoms with Crippen LogP contribution < -0.4 is 5.32 Å². The highest BCUT2D eigenvalue weighted by Crippen LogP contribution is 2.34. The zero-order valence-electron chi connectivity index (χ0n) is 15.4. The van der Waals surface area contributed by atoms with E-state index in [4.69, 9.17) is 0 Å². The molecule has 0 amide bonds. The second kappa shape index (κ2) is 7.37. The fraction of sp³-hybridized carbons (Fsp3) is 0.333. The molecular weight excluding hydrogens is 310 g/mol. The highest BCUT2D eigenvalue weighted by molar-refractivity contribution is 6.81. The molecule has 0 fully saturated rings. The Morgan fingerprint density at radius 2 is 1.58 bits per heavy atom. The largest absolute Gasteiger partial charge is 0.392 e. The lowest BCUT2D eigenvalue weighted by Gasteiger charge is -2.34. The van der Waals surface area contributed by atoms with Crippen molar-refractivity contribution in [3.05, 3.63) is 71.4 Å². The minimum atomic E-state index is -1.45. The maximum atomic E-state index is 9.78. The van der Waals surface area contributed by atoms with E-state index in [0.29, 0.717) is 0 Å². The average molecular weight is 340 g/mol. The molecule has 2 rings (SSSR count). The van der Waals surface area contributed by atoms with Gasteiger partial charge in [-0.1, -0.05) is 67.8 Å². The topological polar surface area (TPSA) is 32.3 Å². The predicted octanol–water partition coefficient (Wildman–Crippen LogP) is 5.33. The number of aliphatic hydroxyl groups is 1. The highest BCUT2D eigenvalue weighted by atomic mass is 28.3. The molecule has 2 aromatic rings. The van der Waals surface area contributed by atoms with E-state index in [1.807, 2.05) is 36.4 Å². The molecule has 2 N–H and O–H groups in total. The molecule has 0 radical (unpaired) electrons. The van der Waals surface area contributed by atoms with Gasteiger partial charge in [-0.15, -0.1) is 0 Å². The summed E-state index contributed by atoms with van der Waals surface area (Å²) in [5.74, 6) is 0. The van der Waals surface area contributed by atoms with E-state index in [1.165, 1.54) is 5.57 Å². The van der Waals surface area contributed by atoms with Crippen molar-refractivity contribution in [2.75, 3.05) is 5.32 Å². The maximum Gasteiger partial charge on any atom is 0.0692 e. The average Bonchev–Trinajstić information content (AvgIpc) is 2.52. The van der Waals surface area contributed by atoms with E-state index in [1.54, 1.807) is 0 Å².